The number of hydrogen-bond donors (Lipinski definition) is 0. The Morgan fingerprint density at radius 2 is 1.88 bits per heavy atom. The normalized spacial score (nSPS) is 27.1. The predicted molar refractivity (Wildman–Crippen MR) is 85.9 cm³/mol. The molecule has 2 atom stereocenters. The summed E-state index contributed by atoms with van der Waals surface area (Å²) < 4.78 is 29.5. The molecule has 0 unspecified atom stereocenters. The lowest BCUT2D eigenvalue weighted by Gasteiger charge is -2.43. The molecule has 24 heavy (non-hydrogen) atoms. The van der Waals surface area contributed by atoms with Crippen LogP contribution in [0.5, 0.6) is 0 Å². The number of aryl methyl sites for hydroxylation is 1. The summed E-state index contributed by atoms with van der Waals surface area (Å²) in [6.07, 6.45) is 0. The maximum absolute atomic E-state index is 12.2. The predicted octanol–water partition coefficient (Wildman–Crippen LogP) is -1.25. The zero-order valence-corrected chi connectivity index (χ0v) is 15.0. The van der Waals surface area contributed by atoms with E-state index in [1.54, 1.807) is 21.0 Å². The lowest BCUT2D eigenvalue weighted by atomic mass is 10.0. The van der Waals surface area contributed by atoms with Crippen molar-refractivity contribution in [3.63, 3.8) is 0 Å². The Morgan fingerprint density at radius 3 is 2.46 bits per heavy atom. The molecule has 0 radical (unpaired) electrons. The Hall–Kier alpha value is -1.52. The first-order chi connectivity index (χ1) is 11.2. The number of carbonyl (C=O) groups excluding carboxylic acids is 1. The maximum Gasteiger partial charge on any atom is 0.240 e. The zero-order chi connectivity index (χ0) is 17.5. The molecule has 9 nitrogen and oxygen atoms in total. The van der Waals surface area contributed by atoms with E-state index in [0.29, 0.717) is 31.3 Å². The smallest absolute Gasteiger partial charge is 0.240 e. The third-order valence-electron chi connectivity index (χ3n) is 4.65. The van der Waals surface area contributed by atoms with Gasteiger partial charge in [0.25, 0.3) is 0 Å². The number of carbonyl (C=O) groups is 1. The second-order valence-corrected chi connectivity index (χ2v) is 8.83. The molecule has 3 rings (SSSR count). The summed E-state index contributed by atoms with van der Waals surface area (Å²) in [6, 6.07) is -0.317. The van der Waals surface area contributed by atoms with Gasteiger partial charge >= 0.3 is 0 Å². The van der Waals surface area contributed by atoms with Gasteiger partial charge in [-0.25, -0.2) is 8.42 Å². The summed E-state index contributed by atoms with van der Waals surface area (Å²) in [5, 5.41) is 3.78. The van der Waals surface area contributed by atoms with Gasteiger partial charge in [0.05, 0.1) is 24.6 Å². The van der Waals surface area contributed by atoms with Crippen molar-refractivity contribution in [2.75, 3.05) is 45.2 Å². The van der Waals surface area contributed by atoms with Crippen molar-refractivity contribution < 1.29 is 17.7 Å². The van der Waals surface area contributed by atoms with Gasteiger partial charge < -0.3 is 9.42 Å². The van der Waals surface area contributed by atoms with Crippen LogP contribution < -0.4 is 0 Å². The molecule has 1 aromatic heterocycles. The number of hydrogen-bond acceptors (Lipinski definition) is 8. The Balaban J connectivity index is 1.76. The van der Waals surface area contributed by atoms with Gasteiger partial charge in [0.1, 0.15) is 0 Å². The number of amides is 1. The molecule has 0 bridgehead atoms. The van der Waals surface area contributed by atoms with E-state index in [1.807, 2.05) is 4.90 Å². The standard InChI is InChI=1S/C14H23N5O4S/c1-10-15-13(23-16-10)6-18-4-5-19(7-14(20)17(2)3)12-9-24(21,22)8-11(12)18/h11-12H,4-9H2,1-3H3/t11-,12+/m0/s1. The molecule has 1 aromatic rings. The molecular weight excluding hydrogens is 334 g/mol. The summed E-state index contributed by atoms with van der Waals surface area (Å²) in [6.45, 7) is 3.74. The molecule has 2 fully saturated rings. The highest BCUT2D eigenvalue weighted by Gasteiger charge is 2.47. The highest BCUT2D eigenvalue weighted by molar-refractivity contribution is 7.91. The molecule has 0 N–H and O–H groups in total. The van der Waals surface area contributed by atoms with Crippen molar-refractivity contribution in [3.8, 4) is 0 Å². The minimum absolute atomic E-state index is 0.0148. The van der Waals surface area contributed by atoms with Crippen molar-refractivity contribution in [1.82, 2.24) is 24.8 Å². The van der Waals surface area contributed by atoms with Gasteiger partial charge in [0, 0.05) is 39.3 Å². The van der Waals surface area contributed by atoms with Gasteiger partial charge in [-0.15, -0.1) is 0 Å². The first-order valence-electron chi connectivity index (χ1n) is 7.93. The Labute approximate surface area is 141 Å². The topological polar surface area (TPSA) is 99.9 Å². The number of nitrogens with zero attached hydrogens (tertiary/aromatic N) is 5. The van der Waals surface area contributed by atoms with E-state index in [9.17, 15) is 13.2 Å². The SMILES string of the molecule is Cc1noc(CN2CCN(CC(=O)N(C)C)[C@@H]3CS(=O)(=O)C[C@@H]32)n1. The van der Waals surface area contributed by atoms with Crippen LogP contribution in [-0.4, -0.2) is 96.5 Å². The monoisotopic (exact) mass is 357 g/mol. The van der Waals surface area contributed by atoms with Crippen molar-refractivity contribution in [3.05, 3.63) is 11.7 Å². The summed E-state index contributed by atoms with van der Waals surface area (Å²) in [5.74, 6) is 1.25. The van der Waals surface area contributed by atoms with Gasteiger partial charge in [0.2, 0.25) is 11.8 Å². The average Bonchev–Trinajstić information content (AvgIpc) is 3.03. The van der Waals surface area contributed by atoms with Crippen molar-refractivity contribution >= 4 is 15.7 Å². The van der Waals surface area contributed by atoms with E-state index < -0.39 is 9.84 Å². The van der Waals surface area contributed by atoms with Crippen molar-refractivity contribution in [2.24, 2.45) is 0 Å². The highest BCUT2D eigenvalue weighted by Crippen LogP contribution is 2.28. The summed E-state index contributed by atoms with van der Waals surface area (Å²) in [4.78, 5) is 21.8. The molecule has 1 amide bonds. The van der Waals surface area contributed by atoms with Gasteiger partial charge in [-0.1, -0.05) is 5.16 Å². The van der Waals surface area contributed by atoms with E-state index in [4.69, 9.17) is 4.52 Å². The van der Waals surface area contributed by atoms with Crippen molar-refractivity contribution in [2.45, 2.75) is 25.6 Å². The van der Waals surface area contributed by atoms with Crippen LogP contribution in [-0.2, 0) is 21.2 Å². The fraction of sp³-hybridized carbons (Fsp3) is 0.786. The van der Waals surface area contributed by atoms with Crippen LogP contribution in [0.4, 0.5) is 0 Å². The summed E-state index contributed by atoms with van der Waals surface area (Å²) in [7, 11) is 0.303. The van der Waals surface area contributed by atoms with Gasteiger partial charge in [-0.2, -0.15) is 4.98 Å². The Kier molecular flexibility index (Phi) is 4.63. The second-order valence-electron chi connectivity index (χ2n) is 6.68. The number of rotatable bonds is 4. The first-order valence-corrected chi connectivity index (χ1v) is 9.75. The molecular formula is C14H23N5O4S. The van der Waals surface area contributed by atoms with Gasteiger partial charge in [-0.05, 0) is 6.92 Å². The molecule has 2 aliphatic rings. The van der Waals surface area contributed by atoms with E-state index >= 15 is 0 Å². The quantitative estimate of drug-likeness (QED) is 0.659. The molecule has 0 aliphatic carbocycles. The Bertz CT molecular complexity index is 717. The largest absolute Gasteiger partial charge is 0.348 e. The maximum atomic E-state index is 12.2. The van der Waals surface area contributed by atoms with Crippen LogP contribution in [0.2, 0.25) is 0 Å². The number of aromatic nitrogens is 2. The molecule has 0 saturated carbocycles. The van der Waals surface area contributed by atoms with Gasteiger partial charge in [-0.3, -0.25) is 14.6 Å². The minimum atomic E-state index is -3.11. The van der Waals surface area contributed by atoms with Crippen LogP contribution in [0.3, 0.4) is 0 Å². The summed E-state index contributed by atoms with van der Waals surface area (Å²) >= 11 is 0. The molecule has 134 valence electrons. The number of likely N-dealkylation sites (N-methyl/N-ethyl adjacent to an activating group) is 1. The fourth-order valence-electron chi connectivity index (χ4n) is 3.38. The molecule has 3 heterocycles. The number of sulfone groups is 1. The molecule has 2 saturated heterocycles. The van der Waals surface area contributed by atoms with E-state index in [0.717, 1.165) is 0 Å². The Morgan fingerprint density at radius 1 is 1.25 bits per heavy atom. The second kappa shape index (κ2) is 6.41. The van der Waals surface area contributed by atoms with Crippen molar-refractivity contribution in [1.29, 1.82) is 0 Å². The van der Waals surface area contributed by atoms with Crippen LogP contribution in [0.15, 0.2) is 4.52 Å². The summed E-state index contributed by atoms with van der Waals surface area (Å²) in [5.41, 5.74) is 0. The van der Waals surface area contributed by atoms with E-state index in [1.165, 1.54) is 4.90 Å². The van der Waals surface area contributed by atoms with Crippen LogP contribution in [0, 0.1) is 6.92 Å². The number of fused-ring (bicyclic) bond motifs is 1. The number of piperazine rings is 1. The van der Waals surface area contributed by atoms with E-state index in [-0.39, 0.29) is 36.0 Å². The lowest BCUT2D eigenvalue weighted by Crippen LogP contribution is -2.60. The first kappa shape index (κ1) is 17.3. The minimum Gasteiger partial charge on any atom is -0.348 e. The third kappa shape index (κ3) is 3.60. The van der Waals surface area contributed by atoms with Gasteiger partial charge in [0.15, 0.2) is 15.7 Å². The fourth-order valence-corrected chi connectivity index (χ4v) is 5.43. The zero-order valence-electron chi connectivity index (χ0n) is 14.2. The van der Waals surface area contributed by atoms with E-state index in [2.05, 4.69) is 15.0 Å². The molecule has 10 heteroatoms. The molecule has 0 spiro atoms. The molecule has 2 aliphatic heterocycles. The highest BCUT2D eigenvalue weighted by atomic mass is 32.2. The van der Waals surface area contributed by atoms with Crippen LogP contribution in [0.1, 0.15) is 11.7 Å². The van der Waals surface area contributed by atoms with Crippen LogP contribution in [0.25, 0.3) is 0 Å². The average molecular weight is 357 g/mol. The van der Waals surface area contributed by atoms with Crippen LogP contribution >= 0.6 is 0 Å². The third-order valence-corrected chi connectivity index (χ3v) is 6.35. The molecule has 0 aromatic carbocycles. The lowest BCUT2D eigenvalue weighted by molar-refractivity contribution is -0.131.